The number of benzene rings is 4. The molecule has 0 aliphatic rings. The van der Waals surface area contributed by atoms with E-state index in [1.807, 2.05) is 96.9 Å². The molecule has 6 N–H and O–H groups in total. The number of rotatable bonds is 15. The fourth-order valence-corrected chi connectivity index (χ4v) is 6.07. The monoisotopic (exact) mass is 687 g/mol. The first-order valence-electron chi connectivity index (χ1n) is 16.8. The van der Waals surface area contributed by atoms with Crippen molar-refractivity contribution >= 4 is 22.5 Å². The van der Waals surface area contributed by atoms with Gasteiger partial charge in [0, 0.05) is 36.7 Å². The molecule has 6 aromatic rings. The average Bonchev–Trinajstić information content (AvgIpc) is 3.62. The molecular weight excluding hydrogens is 646 g/mol. The highest BCUT2D eigenvalue weighted by molar-refractivity contribution is 5.90. The Morgan fingerprint density at radius 2 is 1.63 bits per heavy atom. The third-order valence-corrected chi connectivity index (χ3v) is 8.82. The van der Waals surface area contributed by atoms with E-state index in [2.05, 4.69) is 20.6 Å². The molecule has 1 atom stereocenters. The molecular formula is C40H41N5O6. The molecule has 1 unspecified atom stereocenters. The minimum absolute atomic E-state index is 0.0468. The van der Waals surface area contributed by atoms with Crippen molar-refractivity contribution < 1.29 is 24.5 Å². The fraction of sp³-hybridized carbons (Fsp3) is 0.225. The molecule has 0 aliphatic carbocycles. The number of aromatic amines is 1. The summed E-state index contributed by atoms with van der Waals surface area (Å²) in [5.74, 6) is 0.593. The highest BCUT2D eigenvalue weighted by atomic mass is 16.4. The van der Waals surface area contributed by atoms with E-state index in [-0.39, 0.29) is 29.5 Å². The maximum Gasteiger partial charge on any atom is 0.248 e. The van der Waals surface area contributed by atoms with Crippen LogP contribution in [0.4, 0.5) is 5.69 Å². The average molecular weight is 688 g/mol. The molecule has 11 heteroatoms. The number of carbonyl (C=O) groups excluding carboxylic acids is 1. The molecule has 2 heterocycles. The van der Waals surface area contributed by atoms with Gasteiger partial charge < -0.3 is 35.4 Å². The fourth-order valence-electron chi connectivity index (χ4n) is 6.07. The first-order chi connectivity index (χ1) is 24.7. The first-order valence-corrected chi connectivity index (χ1v) is 16.8. The van der Waals surface area contributed by atoms with Gasteiger partial charge in [-0.15, -0.1) is 0 Å². The summed E-state index contributed by atoms with van der Waals surface area (Å²) >= 11 is 0. The summed E-state index contributed by atoms with van der Waals surface area (Å²) in [6, 6.07) is 32.3. The van der Waals surface area contributed by atoms with Gasteiger partial charge in [0.15, 0.2) is 5.60 Å². The van der Waals surface area contributed by atoms with E-state index < -0.39 is 11.7 Å². The maximum atomic E-state index is 12.7. The zero-order valence-electron chi connectivity index (χ0n) is 28.3. The van der Waals surface area contributed by atoms with Crippen LogP contribution in [0.25, 0.3) is 10.9 Å². The number of aliphatic hydroxyl groups is 2. The topological polar surface area (TPSA) is 164 Å². The SMILES string of the molecule is CN(CCC(=O)Nc1ccc(CCNCC(O)c2ccc(O)c3[nH]c(=O)ccc23)cc1)Cc1cnc(C(O)(c2ccccc2)c2ccccc2)o1. The van der Waals surface area contributed by atoms with Crippen LogP contribution in [0, 0.1) is 0 Å². The second kappa shape index (κ2) is 16.0. The Morgan fingerprint density at radius 1 is 0.941 bits per heavy atom. The number of amides is 1. The maximum absolute atomic E-state index is 12.7. The Bertz CT molecular complexity index is 2080. The number of hydrogen-bond acceptors (Lipinski definition) is 9. The summed E-state index contributed by atoms with van der Waals surface area (Å²) in [5, 5.41) is 39.6. The lowest BCUT2D eigenvalue weighted by atomic mass is 9.86. The third kappa shape index (κ3) is 8.42. The van der Waals surface area contributed by atoms with Gasteiger partial charge in [-0.2, -0.15) is 0 Å². The third-order valence-electron chi connectivity index (χ3n) is 8.82. The van der Waals surface area contributed by atoms with Gasteiger partial charge in [-0.1, -0.05) is 78.9 Å². The summed E-state index contributed by atoms with van der Waals surface area (Å²) in [6.07, 6.45) is 1.77. The molecule has 262 valence electrons. The minimum Gasteiger partial charge on any atom is -0.506 e. The van der Waals surface area contributed by atoms with Crippen LogP contribution in [0.5, 0.6) is 5.75 Å². The number of aromatic nitrogens is 2. The molecule has 0 radical (unpaired) electrons. The summed E-state index contributed by atoms with van der Waals surface area (Å²) in [4.78, 5) is 33.4. The van der Waals surface area contributed by atoms with E-state index >= 15 is 0 Å². The van der Waals surface area contributed by atoms with Gasteiger partial charge in [-0.3, -0.25) is 14.5 Å². The zero-order valence-corrected chi connectivity index (χ0v) is 28.3. The van der Waals surface area contributed by atoms with Crippen molar-refractivity contribution in [1.29, 1.82) is 0 Å². The van der Waals surface area contributed by atoms with Crippen LogP contribution in [0.1, 0.15) is 46.4 Å². The minimum atomic E-state index is -1.55. The van der Waals surface area contributed by atoms with Crippen LogP contribution in [0.2, 0.25) is 0 Å². The predicted octanol–water partition coefficient (Wildman–Crippen LogP) is 4.83. The standard InChI is InChI=1S/C40H41N5O6/c1-45(26-31-24-42-39(51-31)40(50,28-8-4-2-5-9-28)29-10-6-3-7-11-29)23-21-37(49)43-30-14-12-27(13-15-30)20-22-41-25-35(47)32-16-18-34(46)38-33(32)17-19-36(48)44-38/h2-19,24,35,41,46-47,50H,20-23,25-26H2,1H3,(H,43,49)(H,44,48). The summed E-state index contributed by atoms with van der Waals surface area (Å²) in [7, 11) is 1.90. The second-order valence-electron chi connectivity index (χ2n) is 12.6. The second-order valence-corrected chi connectivity index (χ2v) is 12.6. The van der Waals surface area contributed by atoms with Crippen LogP contribution in [0.15, 0.2) is 125 Å². The molecule has 1 amide bonds. The van der Waals surface area contributed by atoms with Gasteiger partial charge in [-0.25, -0.2) is 4.98 Å². The van der Waals surface area contributed by atoms with Gasteiger partial charge in [0.2, 0.25) is 17.4 Å². The number of nitrogens with one attached hydrogen (secondary N) is 3. The number of phenols is 1. The Balaban J connectivity index is 0.948. The van der Waals surface area contributed by atoms with Gasteiger partial charge in [0.25, 0.3) is 0 Å². The highest BCUT2D eigenvalue weighted by Gasteiger charge is 2.38. The molecule has 0 fully saturated rings. The molecule has 51 heavy (non-hydrogen) atoms. The lowest BCUT2D eigenvalue weighted by Crippen LogP contribution is -2.29. The van der Waals surface area contributed by atoms with Crippen molar-refractivity contribution in [3.63, 3.8) is 0 Å². The van der Waals surface area contributed by atoms with E-state index in [0.29, 0.717) is 71.6 Å². The number of anilines is 1. The van der Waals surface area contributed by atoms with E-state index in [1.54, 1.807) is 18.3 Å². The molecule has 0 aliphatic heterocycles. The lowest BCUT2D eigenvalue weighted by Gasteiger charge is -2.26. The van der Waals surface area contributed by atoms with Gasteiger partial charge in [-0.05, 0) is 66.5 Å². The van der Waals surface area contributed by atoms with Gasteiger partial charge >= 0.3 is 0 Å². The predicted molar refractivity (Wildman–Crippen MR) is 195 cm³/mol. The van der Waals surface area contributed by atoms with Gasteiger partial charge in [0.1, 0.15) is 11.5 Å². The number of oxazole rings is 1. The highest BCUT2D eigenvalue weighted by Crippen LogP contribution is 2.36. The van der Waals surface area contributed by atoms with Crippen LogP contribution in [0.3, 0.4) is 0 Å². The summed E-state index contributed by atoms with van der Waals surface area (Å²) < 4.78 is 6.09. The lowest BCUT2D eigenvalue weighted by molar-refractivity contribution is -0.116. The first kappa shape index (κ1) is 35.2. The molecule has 11 nitrogen and oxygen atoms in total. The molecule has 6 rings (SSSR count). The van der Waals surface area contributed by atoms with Crippen molar-refractivity contribution in [2.24, 2.45) is 0 Å². The van der Waals surface area contributed by atoms with Crippen LogP contribution < -0.4 is 16.2 Å². The van der Waals surface area contributed by atoms with E-state index in [0.717, 1.165) is 5.56 Å². The number of carbonyl (C=O) groups is 1. The number of fused-ring (bicyclic) bond motifs is 1. The smallest absolute Gasteiger partial charge is 0.248 e. The van der Waals surface area contributed by atoms with Crippen LogP contribution in [-0.2, 0) is 23.4 Å². The molecule has 0 spiro atoms. The number of aliphatic hydroxyl groups excluding tert-OH is 1. The number of pyridine rings is 1. The normalized spacial score (nSPS) is 12.3. The number of aromatic hydroxyl groups is 1. The van der Waals surface area contributed by atoms with Crippen molar-refractivity contribution in [3.05, 3.63) is 160 Å². The molecule has 0 saturated heterocycles. The Hall–Kier alpha value is -5.59. The quantitative estimate of drug-likeness (QED) is 0.0830. The molecule has 4 aromatic carbocycles. The Morgan fingerprint density at radius 3 is 2.31 bits per heavy atom. The van der Waals surface area contributed by atoms with Crippen molar-refractivity contribution in [3.8, 4) is 5.75 Å². The molecule has 0 saturated carbocycles. The van der Waals surface area contributed by atoms with Crippen LogP contribution >= 0.6 is 0 Å². The van der Waals surface area contributed by atoms with Crippen molar-refractivity contribution in [1.82, 2.24) is 20.2 Å². The Kier molecular flexibility index (Phi) is 11.0. The summed E-state index contributed by atoms with van der Waals surface area (Å²) in [6.45, 7) is 1.80. The van der Waals surface area contributed by atoms with Crippen molar-refractivity contribution in [2.75, 3.05) is 32.0 Å². The summed E-state index contributed by atoms with van der Waals surface area (Å²) in [5.41, 5.74) is 2.11. The van der Waals surface area contributed by atoms with E-state index in [1.165, 1.54) is 12.1 Å². The number of nitrogens with zero attached hydrogens (tertiary/aromatic N) is 2. The number of hydrogen-bond donors (Lipinski definition) is 6. The van der Waals surface area contributed by atoms with E-state index in [4.69, 9.17) is 4.42 Å². The zero-order chi connectivity index (χ0) is 35.8. The molecule has 0 bridgehead atoms. The largest absolute Gasteiger partial charge is 0.506 e. The van der Waals surface area contributed by atoms with Crippen LogP contribution in [-0.4, -0.2) is 62.8 Å². The van der Waals surface area contributed by atoms with Gasteiger partial charge in [0.05, 0.1) is 24.4 Å². The van der Waals surface area contributed by atoms with Crippen molar-refractivity contribution in [2.45, 2.75) is 31.1 Å². The Labute approximate surface area is 295 Å². The van der Waals surface area contributed by atoms with E-state index in [9.17, 15) is 24.9 Å². The molecule has 2 aromatic heterocycles. The number of H-pyrrole nitrogens is 1. The number of phenolic OH excluding ortho intramolecular Hbond substituents is 1.